The van der Waals surface area contributed by atoms with E-state index in [9.17, 15) is 0 Å². The molecule has 0 bridgehead atoms. The monoisotopic (exact) mass is 477 g/mol. The van der Waals surface area contributed by atoms with E-state index in [0.717, 1.165) is 69.5 Å². The van der Waals surface area contributed by atoms with Crippen molar-refractivity contribution in [3.63, 3.8) is 0 Å². The summed E-state index contributed by atoms with van der Waals surface area (Å²) >= 11 is 0. The molecule has 7 heteroatoms. The lowest BCUT2D eigenvalue weighted by molar-refractivity contribution is 0.0203. The third-order valence-electron chi connectivity index (χ3n) is 4.31. The van der Waals surface area contributed by atoms with E-state index in [0.29, 0.717) is 12.5 Å². The van der Waals surface area contributed by atoms with Gasteiger partial charge in [-0.2, -0.15) is 0 Å². The first-order valence-corrected chi connectivity index (χ1v) is 9.05. The van der Waals surface area contributed by atoms with E-state index >= 15 is 0 Å². The lowest BCUT2D eigenvalue weighted by Crippen LogP contribution is -2.37. The predicted octanol–water partition coefficient (Wildman–Crippen LogP) is 2.81. The minimum atomic E-state index is 0. The first-order chi connectivity index (χ1) is 12.3. The van der Waals surface area contributed by atoms with Crippen LogP contribution in [0.1, 0.15) is 24.8 Å². The van der Waals surface area contributed by atoms with Crippen LogP contribution < -0.4 is 15.4 Å². The van der Waals surface area contributed by atoms with Crippen LogP contribution >= 0.6 is 24.0 Å². The van der Waals surface area contributed by atoms with Gasteiger partial charge in [-0.25, -0.2) is 0 Å². The average Bonchev–Trinajstić information content (AvgIpc) is 2.68. The number of para-hydroxylation sites is 1. The summed E-state index contributed by atoms with van der Waals surface area (Å²) in [5.74, 6) is 2.33. The molecule has 1 aliphatic rings. The molecule has 0 aliphatic carbocycles. The first kappa shape index (κ1) is 23.0. The highest BCUT2D eigenvalue weighted by atomic mass is 127. The fraction of sp³-hybridized carbons (Fsp3) is 0.632. The standard InChI is InChI=1S/C19H31N3O3.HI/c1-20-19(22-14-17-6-3-4-7-18(17)23-2)21-10-5-11-25-15-16-8-12-24-13-9-16;/h3-4,6-7,16H,5,8-15H2,1-2H3,(H2,20,21,22);1H. The first-order valence-electron chi connectivity index (χ1n) is 9.05. The third kappa shape index (κ3) is 8.55. The Morgan fingerprint density at radius 1 is 1.23 bits per heavy atom. The van der Waals surface area contributed by atoms with Crippen LogP contribution in [-0.2, 0) is 16.0 Å². The minimum Gasteiger partial charge on any atom is -0.496 e. The number of methoxy groups -OCH3 is 1. The van der Waals surface area contributed by atoms with Gasteiger partial charge in [0, 0.05) is 52.1 Å². The van der Waals surface area contributed by atoms with Gasteiger partial charge >= 0.3 is 0 Å². The molecule has 148 valence electrons. The Morgan fingerprint density at radius 2 is 2.00 bits per heavy atom. The summed E-state index contributed by atoms with van der Waals surface area (Å²) in [6, 6.07) is 7.98. The number of rotatable bonds is 9. The van der Waals surface area contributed by atoms with Crippen LogP contribution in [0.25, 0.3) is 0 Å². The molecule has 2 rings (SSSR count). The Balaban J connectivity index is 0.00000338. The summed E-state index contributed by atoms with van der Waals surface area (Å²) in [6.07, 6.45) is 3.20. The molecular formula is C19H32IN3O3. The van der Waals surface area contributed by atoms with E-state index in [1.54, 1.807) is 14.2 Å². The molecule has 6 nitrogen and oxygen atoms in total. The van der Waals surface area contributed by atoms with E-state index in [1.165, 1.54) is 0 Å². The van der Waals surface area contributed by atoms with Gasteiger partial charge in [-0.1, -0.05) is 18.2 Å². The molecule has 0 saturated carbocycles. The zero-order valence-corrected chi connectivity index (χ0v) is 18.2. The van der Waals surface area contributed by atoms with E-state index in [4.69, 9.17) is 14.2 Å². The average molecular weight is 477 g/mol. The Kier molecular flexibility index (Phi) is 12.4. The van der Waals surface area contributed by atoms with Gasteiger partial charge < -0.3 is 24.8 Å². The normalized spacial score (nSPS) is 15.2. The summed E-state index contributed by atoms with van der Waals surface area (Å²) in [5, 5.41) is 6.62. The third-order valence-corrected chi connectivity index (χ3v) is 4.31. The molecular weight excluding hydrogens is 445 g/mol. The Labute approximate surface area is 174 Å². The van der Waals surface area contributed by atoms with Gasteiger partial charge in [0.2, 0.25) is 0 Å². The fourth-order valence-corrected chi connectivity index (χ4v) is 2.79. The van der Waals surface area contributed by atoms with Gasteiger partial charge in [-0.15, -0.1) is 24.0 Å². The van der Waals surface area contributed by atoms with Gasteiger partial charge in [0.15, 0.2) is 5.96 Å². The summed E-state index contributed by atoms with van der Waals surface area (Å²) in [6.45, 7) is 4.88. The van der Waals surface area contributed by atoms with Crippen molar-refractivity contribution in [3.05, 3.63) is 29.8 Å². The van der Waals surface area contributed by atoms with E-state index < -0.39 is 0 Å². The van der Waals surface area contributed by atoms with E-state index in [-0.39, 0.29) is 24.0 Å². The lowest BCUT2D eigenvalue weighted by Gasteiger charge is -2.21. The maximum Gasteiger partial charge on any atom is 0.191 e. The number of hydrogen-bond donors (Lipinski definition) is 2. The molecule has 2 N–H and O–H groups in total. The predicted molar refractivity (Wildman–Crippen MR) is 116 cm³/mol. The largest absolute Gasteiger partial charge is 0.496 e. The molecule has 1 fully saturated rings. The topological polar surface area (TPSA) is 64.1 Å². The summed E-state index contributed by atoms with van der Waals surface area (Å²) in [5.41, 5.74) is 1.10. The van der Waals surface area contributed by atoms with Crippen LogP contribution in [0.15, 0.2) is 29.3 Å². The molecule has 0 radical (unpaired) electrons. The van der Waals surface area contributed by atoms with E-state index in [2.05, 4.69) is 15.6 Å². The van der Waals surface area contributed by atoms with Crippen LogP contribution in [0.2, 0.25) is 0 Å². The molecule has 1 saturated heterocycles. The number of aliphatic imine (C=N–C) groups is 1. The van der Waals surface area contributed by atoms with Crippen molar-refractivity contribution < 1.29 is 14.2 Å². The van der Waals surface area contributed by atoms with Crippen molar-refractivity contribution in [3.8, 4) is 5.75 Å². The maximum absolute atomic E-state index is 5.78. The van der Waals surface area contributed by atoms with Crippen LogP contribution in [0.3, 0.4) is 0 Å². The van der Waals surface area contributed by atoms with Gasteiger partial charge in [-0.05, 0) is 31.2 Å². The summed E-state index contributed by atoms with van der Waals surface area (Å²) in [7, 11) is 3.46. The van der Waals surface area contributed by atoms with Crippen molar-refractivity contribution >= 4 is 29.9 Å². The zero-order chi connectivity index (χ0) is 17.7. The highest BCUT2D eigenvalue weighted by molar-refractivity contribution is 14.0. The summed E-state index contributed by atoms with van der Waals surface area (Å²) < 4.78 is 16.5. The van der Waals surface area contributed by atoms with Crippen molar-refractivity contribution in [1.82, 2.24) is 10.6 Å². The smallest absolute Gasteiger partial charge is 0.191 e. The second kappa shape index (κ2) is 14.1. The number of hydrogen-bond acceptors (Lipinski definition) is 4. The molecule has 1 heterocycles. The van der Waals surface area contributed by atoms with Crippen LogP contribution in [-0.4, -0.2) is 53.1 Å². The number of ether oxygens (including phenoxy) is 3. The molecule has 1 aliphatic heterocycles. The van der Waals surface area contributed by atoms with E-state index in [1.807, 2.05) is 24.3 Å². The van der Waals surface area contributed by atoms with Gasteiger partial charge in [0.25, 0.3) is 0 Å². The molecule has 0 atom stereocenters. The lowest BCUT2D eigenvalue weighted by atomic mass is 10.0. The second-order valence-corrected chi connectivity index (χ2v) is 6.15. The highest BCUT2D eigenvalue weighted by Crippen LogP contribution is 2.16. The van der Waals surface area contributed by atoms with Crippen molar-refractivity contribution in [2.75, 3.05) is 47.1 Å². The number of nitrogens with one attached hydrogen (secondary N) is 2. The number of nitrogens with zero attached hydrogens (tertiary/aromatic N) is 1. The molecule has 1 aromatic carbocycles. The molecule has 26 heavy (non-hydrogen) atoms. The van der Waals surface area contributed by atoms with Gasteiger partial charge in [0.1, 0.15) is 5.75 Å². The van der Waals surface area contributed by atoms with Crippen LogP contribution in [0, 0.1) is 5.92 Å². The van der Waals surface area contributed by atoms with Crippen molar-refractivity contribution in [1.29, 1.82) is 0 Å². The zero-order valence-electron chi connectivity index (χ0n) is 15.8. The Morgan fingerprint density at radius 3 is 2.73 bits per heavy atom. The number of benzene rings is 1. The minimum absolute atomic E-state index is 0. The second-order valence-electron chi connectivity index (χ2n) is 6.15. The van der Waals surface area contributed by atoms with Gasteiger partial charge in [-0.3, -0.25) is 4.99 Å². The molecule has 0 aromatic heterocycles. The number of halogens is 1. The van der Waals surface area contributed by atoms with Crippen LogP contribution in [0.5, 0.6) is 5.75 Å². The summed E-state index contributed by atoms with van der Waals surface area (Å²) in [4.78, 5) is 4.25. The van der Waals surface area contributed by atoms with Crippen molar-refractivity contribution in [2.24, 2.45) is 10.9 Å². The molecule has 0 unspecified atom stereocenters. The Hall–Kier alpha value is -1.06. The SMILES string of the molecule is CN=C(NCCCOCC1CCOCC1)NCc1ccccc1OC.I. The fourth-order valence-electron chi connectivity index (χ4n) is 2.79. The molecule has 0 amide bonds. The Bertz CT molecular complexity index is 523. The quantitative estimate of drug-likeness (QED) is 0.248. The van der Waals surface area contributed by atoms with Crippen molar-refractivity contribution in [2.45, 2.75) is 25.8 Å². The molecule has 1 aromatic rings. The maximum atomic E-state index is 5.78. The van der Waals surface area contributed by atoms with Gasteiger partial charge in [0.05, 0.1) is 7.11 Å². The molecule has 0 spiro atoms. The number of guanidine groups is 1. The van der Waals surface area contributed by atoms with Crippen LogP contribution in [0.4, 0.5) is 0 Å². The highest BCUT2D eigenvalue weighted by Gasteiger charge is 2.13.